The third kappa shape index (κ3) is 6.71. The molecule has 0 spiro atoms. The van der Waals surface area contributed by atoms with Gasteiger partial charge in [-0.1, -0.05) is 11.4 Å². The fourth-order valence-electron chi connectivity index (χ4n) is 5.05. The standard InChI is InChI=1S/C26H25B7N6O3S/c1-14-6-7-15(2)39(14)22-18(23(40)38-43(41,42)21-5-3-4-20(34)37-21)10-11-19(36-22)16-8-9-17(35-13-16)12-24(27,25(28,29)30)26(31,32)33/h3-5,8-11,13-15H,6-7,12H2,1-2H3,(H2,34,37)(H,38,40)/t14-,15+. The highest BCUT2D eigenvalue weighted by Gasteiger charge is 2.43. The van der Waals surface area contributed by atoms with Crippen molar-refractivity contribution in [3.05, 3.63) is 59.9 Å². The molecule has 1 aliphatic rings. The molecule has 1 saturated heterocycles. The summed E-state index contributed by atoms with van der Waals surface area (Å²) in [6.45, 7) is 4.03. The molecule has 1 aliphatic heterocycles. The number of nitrogen functional groups attached to an aromatic ring is 1. The Morgan fingerprint density at radius 2 is 1.58 bits per heavy atom. The first-order valence-corrected chi connectivity index (χ1v) is 14.9. The van der Waals surface area contributed by atoms with Crippen molar-refractivity contribution in [3.63, 3.8) is 0 Å². The summed E-state index contributed by atoms with van der Waals surface area (Å²) in [7, 11) is 37.1. The van der Waals surface area contributed by atoms with Gasteiger partial charge in [0.2, 0.25) is 0 Å². The second kappa shape index (κ2) is 11.8. The number of nitrogens with zero attached hydrogens (tertiary/aromatic N) is 4. The predicted molar refractivity (Wildman–Crippen MR) is 173 cm³/mol. The van der Waals surface area contributed by atoms with E-state index in [0.29, 0.717) is 22.8 Å². The molecule has 1 fully saturated rings. The van der Waals surface area contributed by atoms with Gasteiger partial charge in [0.15, 0.2) is 5.03 Å². The molecule has 4 rings (SSSR count). The molecule has 9 nitrogen and oxygen atoms in total. The summed E-state index contributed by atoms with van der Waals surface area (Å²) in [5.74, 6) is -0.535. The minimum Gasteiger partial charge on any atom is -0.384 e. The Balaban J connectivity index is 1.69. The molecule has 17 heteroatoms. The Bertz CT molecular complexity index is 1590. The van der Waals surface area contributed by atoms with Crippen molar-refractivity contribution in [2.24, 2.45) is 0 Å². The Morgan fingerprint density at radius 3 is 2.12 bits per heavy atom. The van der Waals surface area contributed by atoms with Crippen molar-refractivity contribution in [1.82, 2.24) is 19.7 Å². The van der Waals surface area contributed by atoms with Gasteiger partial charge in [-0.15, -0.1) is 10.2 Å². The first-order chi connectivity index (χ1) is 19.8. The van der Waals surface area contributed by atoms with Gasteiger partial charge in [-0.25, -0.2) is 14.7 Å². The molecule has 0 aliphatic carbocycles. The van der Waals surface area contributed by atoms with E-state index in [-0.39, 0.29) is 34.9 Å². The van der Waals surface area contributed by atoms with Crippen LogP contribution in [0.25, 0.3) is 11.3 Å². The van der Waals surface area contributed by atoms with Crippen molar-refractivity contribution in [2.75, 3.05) is 10.6 Å². The van der Waals surface area contributed by atoms with Gasteiger partial charge in [0.25, 0.3) is 15.9 Å². The number of anilines is 2. The van der Waals surface area contributed by atoms with Crippen molar-refractivity contribution < 1.29 is 13.2 Å². The highest BCUT2D eigenvalue weighted by atomic mass is 32.2. The van der Waals surface area contributed by atoms with E-state index in [4.69, 9.17) is 65.6 Å². The third-order valence-electron chi connectivity index (χ3n) is 7.69. The molecule has 4 heterocycles. The quantitative estimate of drug-likeness (QED) is 0.355. The van der Waals surface area contributed by atoms with Crippen molar-refractivity contribution in [3.8, 4) is 11.3 Å². The minimum atomic E-state index is -4.31. The molecule has 0 saturated carbocycles. The average molecular weight is 577 g/mol. The summed E-state index contributed by atoms with van der Waals surface area (Å²) in [6.07, 6.45) is 3.13. The van der Waals surface area contributed by atoms with E-state index in [1.165, 1.54) is 30.5 Å². The number of sulfonamides is 1. The molecule has 14 radical (unpaired) electrons. The van der Waals surface area contributed by atoms with Crippen LogP contribution < -0.4 is 15.4 Å². The number of amides is 1. The van der Waals surface area contributed by atoms with Crippen LogP contribution in [0.2, 0.25) is 15.5 Å². The van der Waals surface area contributed by atoms with Crippen LogP contribution in [0.4, 0.5) is 11.6 Å². The molecular formula is C26H25B7N6O3S. The van der Waals surface area contributed by atoms with E-state index < -0.39 is 31.5 Å². The molecule has 204 valence electrons. The third-order valence-corrected chi connectivity index (χ3v) is 8.92. The highest BCUT2D eigenvalue weighted by Crippen LogP contribution is 2.56. The second-order valence-electron chi connectivity index (χ2n) is 11.1. The fraction of sp³-hybridized carbons (Fsp3) is 0.385. The van der Waals surface area contributed by atoms with Crippen LogP contribution in [-0.4, -0.2) is 96.3 Å². The van der Waals surface area contributed by atoms with Crippen molar-refractivity contribution >= 4 is 82.5 Å². The van der Waals surface area contributed by atoms with Crippen LogP contribution in [0.15, 0.2) is 53.7 Å². The Labute approximate surface area is 262 Å². The maximum absolute atomic E-state index is 13.4. The van der Waals surface area contributed by atoms with Gasteiger partial charge < -0.3 is 10.6 Å². The summed E-state index contributed by atoms with van der Waals surface area (Å²) < 4.78 is 27.9. The van der Waals surface area contributed by atoms with E-state index in [0.717, 1.165) is 12.8 Å². The molecule has 2 atom stereocenters. The first kappa shape index (κ1) is 32.8. The molecule has 3 aromatic heterocycles. The van der Waals surface area contributed by atoms with E-state index in [2.05, 4.69) is 14.7 Å². The Hall–Kier alpha value is -3.08. The number of carbonyl (C=O) groups is 1. The van der Waals surface area contributed by atoms with Gasteiger partial charge in [0.1, 0.15) is 11.6 Å². The van der Waals surface area contributed by atoms with Gasteiger partial charge in [0.05, 0.1) is 66.2 Å². The van der Waals surface area contributed by atoms with E-state index in [1.807, 2.05) is 18.7 Å². The van der Waals surface area contributed by atoms with Crippen molar-refractivity contribution in [1.29, 1.82) is 0 Å². The van der Waals surface area contributed by atoms with Crippen LogP contribution in [0, 0.1) is 0 Å². The lowest BCUT2D eigenvalue weighted by atomic mass is 9.14. The van der Waals surface area contributed by atoms with Gasteiger partial charge in [0, 0.05) is 29.5 Å². The molecule has 0 aromatic carbocycles. The normalized spacial score (nSPS) is 18.0. The average Bonchev–Trinajstić information content (AvgIpc) is 3.24. The van der Waals surface area contributed by atoms with Gasteiger partial charge in [-0.05, 0) is 69.5 Å². The zero-order chi connectivity index (χ0) is 32.0. The molecule has 43 heavy (non-hydrogen) atoms. The molecule has 0 bridgehead atoms. The van der Waals surface area contributed by atoms with Crippen LogP contribution in [0.3, 0.4) is 0 Å². The Kier molecular flexibility index (Phi) is 9.00. The second-order valence-corrected chi connectivity index (χ2v) is 12.8. The maximum Gasteiger partial charge on any atom is 0.281 e. The number of pyridine rings is 3. The number of nitrogens with two attached hydrogens (primary N) is 1. The summed E-state index contributed by atoms with van der Waals surface area (Å²) in [5, 5.41) is -6.27. The number of rotatable bonds is 9. The largest absolute Gasteiger partial charge is 0.384 e. The number of aromatic nitrogens is 3. The van der Waals surface area contributed by atoms with Gasteiger partial charge >= 0.3 is 0 Å². The SMILES string of the molecule is [B]C([B])([B])C([B])(Cc1ccc(-c2ccc(C(=O)NS(=O)(=O)c3cccc(N)n3)c(N3[C@H](C)CC[C@@H]3C)n2)cn1)C([B])([B])[B]. The van der Waals surface area contributed by atoms with Gasteiger partial charge in [-0.2, -0.15) is 8.42 Å². The lowest BCUT2D eigenvalue weighted by molar-refractivity contribution is 0.0981. The van der Waals surface area contributed by atoms with E-state index in [9.17, 15) is 13.2 Å². The fourth-order valence-corrected chi connectivity index (χ4v) is 5.99. The lowest BCUT2D eigenvalue weighted by Gasteiger charge is -2.55. The summed E-state index contributed by atoms with van der Waals surface area (Å²) in [4.78, 5) is 28.4. The predicted octanol–water partition coefficient (Wildman–Crippen LogP) is 0.645. The number of carbonyl (C=O) groups excluding carboxylic acids is 1. The summed E-state index contributed by atoms with van der Waals surface area (Å²) >= 11 is 0. The van der Waals surface area contributed by atoms with Crippen LogP contribution >= 0.6 is 0 Å². The molecule has 3 aromatic rings. The zero-order valence-corrected chi connectivity index (χ0v) is 24.8. The number of nitrogens with one attached hydrogen (secondary N) is 1. The lowest BCUT2D eigenvalue weighted by Crippen LogP contribution is -2.45. The van der Waals surface area contributed by atoms with Gasteiger partial charge in [-0.3, -0.25) is 9.78 Å². The van der Waals surface area contributed by atoms with Crippen LogP contribution in [0.1, 0.15) is 42.7 Å². The van der Waals surface area contributed by atoms with E-state index >= 15 is 0 Å². The minimum absolute atomic E-state index is 0.000317. The highest BCUT2D eigenvalue weighted by molar-refractivity contribution is 7.90. The number of hydrogen-bond donors (Lipinski definition) is 2. The number of hydrogen-bond acceptors (Lipinski definition) is 8. The summed E-state index contributed by atoms with van der Waals surface area (Å²) in [5.41, 5.74) is 7.18. The molecule has 3 N–H and O–H groups in total. The molecule has 0 unspecified atom stereocenters. The summed E-state index contributed by atoms with van der Waals surface area (Å²) in [6, 6.07) is 10.7. The zero-order valence-electron chi connectivity index (χ0n) is 23.9. The smallest absolute Gasteiger partial charge is 0.281 e. The van der Waals surface area contributed by atoms with Crippen molar-refractivity contribution in [2.45, 2.75) is 65.8 Å². The molecular weight excluding hydrogens is 552 g/mol. The van der Waals surface area contributed by atoms with E-state index in [1.54, 1.807) is 18.2 Å². The van der Waals surface area contributed by atoms with Crippen LogP contribution in [-0.2, 0) is 16.4 Å². The molecule has 1 amide bonds. The first-order valence-electron chi connectivity index (χ1n) is 13.4. The maximum atomic E-state index is 13.4. The van der Waals surface area contributed by atoms with Crippen LogP contribution in [0.5, 0.6) is 0 Å². The monoisotopic (exact) mass is 578 g/mol. The Morgan fingerprint density at radius 1 is 0.953 bits per heavy atom. The topological polar surface area (TPSA) is 131 Å².